The zero-order valence-corrected chi connectivity index (χ0v) is 20.1. The van der Waals surface area contributed by atoms with Crippen molar-refractivity contribution in [2.75, 3.05) is 31.9 Å². The van der Waals surface area contributed by atoms with E-state index < -0.39 is 5.91 Å². The van der Waals surface area contributed by atoms with Crippen LogP contribution >= 0.6 is 34.9 Å². The lowest BCUT2D eigenvalue weighted by molar-refractivity contribution is -0.112. The van der Waals surface area contributed by atoms with Gasteiger partial charge in [0.05, 0.1) is 12.1 Å². The highest BCUT2D eigenvalue weighted by Gasteiger charge is 2.15. The highest BCUT2D eigenvalue weighted by molar-refractivity contribution is 7.98. The largest absolute Gasteiger partial charge is 0.493 e. The number of nitriles is 1. The van der Waals surface area contributed by atoms with Gasteiger partial charge in [-0.3, -0.25) is 10.1 Å². The zero-order chi connectivity index (χ0) is 23.6. The van der Waals surface area contributed by atoms with Crippen molar-refractivity contribution in [2.45, 2.75) is 5.16 Å². The Morgan fingerprint density at radius 2 is 2.03 bits per heavy atom. The summed E-state index contributed by atoms with van der Waals surface area (Å²) in [6.07, 6.45) is 3.23. The molecule has 0 atom stereocenters. The maximum absolute atomic E-state index is 12.5. The predicted octanol–water partition coefficient (Wildman–Crippen LogP) is 4.93. The maximum atomic E-state index is 12.5. The van der Waals surface area contributed by atoms with Gasteiger partial charge in [0.25, 0.3) is 5.91 Å². The van der Waals surface area contributed by atoms with E-state index in [1.54, 1.807) is 12.1 Å². The van der Waals surface area contributed by atoms with Crippen molar-refractivity contribution in [1.29, 1.82) is 5.26 Å². The summed E-state index contributed by atoms with van der Waals surface area (Å²) in [7, 11) is 1.48. The van der Waals surface area contributed by atoms with Crippen LogP contribution in [-0.2, 0) is 4.79 Å². The Kier molecular flexibility index (Phi) is 8.95. The molecule has 0 spiro atoms. The third kappa shape index (κ3) is 6.86. The van der Waals surface area contributed by atoms with Gasteiger partial charge in [0.15, 0.2) is 11.5 Å². The first kappa shape index (κ1) is 24.4. The standard InChI is InChI=1S/C22H19ClN4O4S2/c1-29-18-12-14(10-15(13-24)20(28)25-21-26-22(32-2)27-33-21)11-17(23)19(18)31-9-8-30-16-6-4-3-5-7-16/h3-7,10-12H,8-9H2,1-2H3,(H,25,26,27,28). The van der Waals surface area contributed by atoms with Crippen LogP contribution in [0.15, 0.2) is 53.2 Å². The van der Waals surface area contributed by atoms with Gasteiger partial charge in [0, 0.05) is 11.5 Å². The van der Waals surface area contributed by atoms with Gasteiger partial charge in [0.1, 0.15) is 30.6 Å². The fraction of sp³-hybridized carbons (Fsp3) is 0.182. The molecule has 8 nitrogen and oxygen atoms in total. The summed E-state index contributed by atoms with van der Waals surface area (Å²) in [5, 5.41) is 13.1. The third-order valence-corrected chi connectivity index (χ3v) is 5.65. The summed E-state index contributed by atoms with van der Waals surface area (Å²) < 4.78 is 20.8. The number of benzene rings is 2. The molecule has 0 radical (unpaired) electrons. The number of anilines is 1. The van der Waals surface area contributed by atoms with Gasteiger partial charge < -0.3 is 14.2 Å². The fourth-order valence-corrected chi connectivity index (χ4v) is 4.00. The number of carbonyl (C=O) groups excluding carboxylic acids is 1. The molecule has 1 heterocycles. The van der Waals surface area contributed by atoms with E-state index in [0.717, 1.165) is 17.3 Å². The molecule has 1 amide bonds. The lowest BCUT2D eigenvalue weighted by Crippen LogP contribution is -2.13. The van der Waals surface area contributed by atoms with Crippen molar-refractivity contribution >= 4 is 52.0 Å². The normalized spacial score (nSPS) is 10.9. The van der Waals surface area contributed by atoms with Crippen molar-refractivity contribution in [3.05, 3.63) is 58.6 Å². The molecule has 0 bridgehead atoms. The van der Waals surface area contributed by atoms with Crippen LogP contribution in [-0.4, -0.2) is 41.8 Å². The van der Waals surface area contributed by atoms with Crippen LogP contribution < -0.4 is 19.5 Å². The van der Waals surface area contributed by atoms with Crippen molar-refractivity contribution < 1.29 is 19.0 Å². The third-order valence-electron chi connectivity index (χ3n) is 4.08. The maximum Gasteiger partial charge on any atom is 0.268 e. The Labute approximate surface area is 204 Å². The molecule has 3 aromatic rings. The van der Waals surface area contributed by atoms with E-state index in [0.29, 0.717) is 34.0 Å². The van der Waals surface area contributed by atoms with Crippen LogP contribution in [0.3, 0.4) is 0 Å². The van der Waals surface area contributed by atoms with Gasteiger partial charge in [-0.25, -0.2) is 0 Å². The lowest BCUT2D eigenvalue weighted by Gasteiger charge is -2.14. The second-order valence-electron chi connectivity index (χ2n) is 6.25. The summed E-state index contributed by atoms with van der Waals surface area (Å²) in [6.45, 7) is 0.555. The minimum atomic E-state index is -0.602. The first-order valence-corrected chi connectivity index (χ1v) is 11.9. The number of thioether (sulfide) groups is 1. The molecule has 3 rings (SSSR count). The van der Waals surface area contributed by atoms with Gasteiger partial charge in [-0.2, -0.15) is 14.6 Å². The Morgan fingerprint density at radius 3 is 2.70 bits per heavy atom. The fourth-order valence-electron chi connectivity index (χ4n) is 2.61. The van der Waals surface area contributed by atoms with Gasteiger partial charge >= 0.3 is 0 Å². The Bertz CT molecular complexity index is 1180. The molecule has 1 aromatic heterocycles. The van der Waals surface area contributed by atoms with E-state index in [1.165, 1.54) is 24.9 Å². The number of nitrogens with one attached hydrogen (secondary N) is 1. The number of hydrogen-bond donors (Lipinski definition) is 1. The molecule has 0 fully saturated rings. The summed E-state index contributed by atoms with van der Waals surface area (Å²) in [5.41, 5.74) is 0.373. The lowest BCUT2D eigenvalue weighted by atomic mass is 10.1. The van der Waals surface area contributed by atoms with Gasteiger partial charge in [0.2, 0.25) is 10.3 Å². The van der Waals surface area contributed by atoms with Gasteiger partial charge in [-0.05, 0) is 42.2 Å². The molecule has 11 heteroatoms. The Balaban J connectivity index is 1.69. The van der Waals surface area contributed by atoms with E-state index in [1.807, 2.05) is 42.7 Å². The van der Waals surface area contributed by atoms with Crippen molar-refractivity contribution in [2.24, 2.45) is 0 Å². The summed E-state index contributed by atoms with van der Waals surface area (Å²) in [4.78, 5) is 16.6. The second-order valence-corrected chi connectivity index (χ2v) is 8.19. The molecular formula is C22H19ClN4O4S2. The molecule has 0 aliphatic carbocycles. The molecule has 0 aliphatic heterocycles. The predicted molar refractivity (Wildman–Crippen MR) is 129 cm³/mol. The van der Waals surface area contributed by atoms with Crippen molar-refractivity contribution in [1.82, 2.24) is 9.36 Å². The number of carbonyl (C=O) groups is 1. The number of methoxy groups -OCH3 is 1. The van der Waals surface area contributed by atoms with Crippen LogP contribution in [0.25, 0.3) is 6.08 Å². The van der Waals surface area contributed by atoms with Gasteiger partial charge in [-0.15, -0.1) is 0 Å². The molecule has 0 saturated heterocycles. The number of rotatable bonds is 10. The van der Waals surface area contributed by atoms with E-state index in [-0.39, 0.29) is 17.2 Å². The first-order valence-electron chi connectivity index (χ1n) is 9.53. The van der Waals surface area contributed by atoms with E-state index in [2.05, 4.69) is 14.7 Å². The van der Waals surface area contributed by atoms with Crippen LogP contribution in [0.4, 0.5) is 5.13 Å². The summed E-state index contributed by atoms with van der Waals surface area (Å²) in [6, 6.07) is 14.5. The molecule has 33 heavy (non-hydrogen) atoms. The first-order chi connectivity index (χ1) is 16.0. The van der Waals surface area contributed by atoms with Crippen molar-refractivity contribution in [3.63, 3.8) is 0 Å². The highest BCUT2D eigenvalue weighted by Crippen LogP contribution is 2.37. The topological polar surface area (TPSA) is 106 Å². The summed E-state index contributed by atoms with van der Waals surface area (Å²) >= 11 is 8.78. The molecule has 1 N–H and O–H groups in total. The minimum Gasteiger partial charge on any atom is -0.493 e. The molecular weight excluding hydrogens is 484 g/mol. The molecule has 170 valence electrons. The summed E-state index contributed by atoms with van der Waals surface area (Å²) in [5.74, 6) is 0.837. The van der Waals surface area contributed by atoms with Crippen LogP contribution in [0.5, 0.6) is 17.2 Å². The number of hydrogen-bond acceptors (Lipinski definition) is 9. The minimum absolute atomic E-state index is 0.126. The molecule has 2 aromatic carbocycles. The molecule has 0 unspecified atom stereocenters. The molecule has 0 saturated carbocycles. The zero-order valence-electron chi connectivity index (χ0n) is 17.7. The number of nitrogens with zero attached hydrogens (tertiary/aromatic N) is 3. The smallest absolute Gasteiger partial charge is 0.268 e. The second kappa shape index (κ2) is 12.1. The average molecular weight is 503 g/mol. The highest BCUT2D eigenvalue weighted by atomic mass is 35.5. The monoisotopic (exact) mass is 502 g/mol. The van der Waals surface area contributed by atoms with Crippen molar-refractivity contribution in [3.8, 4) is 23.3 Å². The van der Waals surface area contributed by atoms with Gasteiger partial charge in [-0.1, -0.05) is 41.6 Å². The van der Waals surface area contributed by atoms with E-state index >= 15 is 0 Å². The number of halogens is 1. The van der Waals surface area contributed by atoms with E-state index in [9.17, 15) is 10.1 Å². The van der Waals surface area contributed by atoms with Crippen LogP contribution in [0.2, 0.25) is 5.02 Å². The van der Waals surface area contributed by atoms with E-state index in [4.69, 9.17) is 25.8 Å². The quantitative estimate of drug-likeness (QED) is 0.180. The van der Waals surface area contributed by atoms with Crippen LogP contribution in [0.1, 0.15) is 5.56 Å². The molecule has 0 aliphatic rings. The van der Waals surface area contributed by atoms with Crippen LogP contribution in [0, 0.1) is 11.3 Å². The number of amides is 1. The number of aromatic nitrogens is 2. The SMILES string of the molecule is COc1cc(C=C(C#N)C(=O)Nc2nc(SC)ns2)cc(Cl)c1OCCOc1ccccc1. The Morgan fingerprint density at radius 1 is 1.27 bits per heavy atom. The number of para-hydroxylation sites is 1. The number of ether oxygens (including phenoxy) is 3. The average Bonchev–Trinajstić information content (AvgIpc) is 3.29. The Hall–Kier alpha value is -3.26.